The average Bonchev–Trinajstić information content (AvgIpc) is 3.14. The van der Waals surface area contributed by atoms with Gasteiger partial charge in [0.05, 0.1) is 27.3 Å². The number of hydrogen-bond donors (Lipinski definition) is 1. The molecule has 0 saturated carbocycles. The summed E-state index contributed by atoms with van der Waals surface area (Å²) >= 11 is 13.4. The van der Waals surface area contributed by atoms with E-state index < -0.39 is 0 Å². The Morgan fingerprint density at radius 2 is 1.87 bits per heavy atom. The van der Waals surface area contributed by atoms with Crippen LogP contribution in [0.25, 0.3) is 0 Å². The van der Waals surface area contributed by atoms with E-state index in [1.807, 2.05) is 12.3 Å². The lowest BCUT2D eigenvalue weighted by Gasteiger charge is -2.17. The van der Waals surface area contributed by atoms with E-state index >= 15 is 0 Å². The molecule has 0 atom stereocenters. The zero-order chi connectivity index (χ0) is 21.7. The molecular weight excluding hydrogens is 445 g/mol. The largest absolute Gasteiger partial charge is 0.487 e. The molecule has 156 valence electrons. The molecule has 3 aromatic rings. The van der Waals surface area contributed by atoms with Crippen LogP contribution in [-0.4, -0.2) is 35.3 Å². The van der Waals surface area contributed by atoms with Crippen LogP contribution in [0.3, 0.4) is 0 Å². The smallest absolute Gasteiger partial charge is 0.254 e. The first-order valence-electron chi connectivity index (χ1n) is 8.96. The Morgan fingerprint density at radius 3 is 2.50 bits per heavy atom. The molecule has 0 fully saturated rings. The van der Waals surface area contributed by atoms with Gasteiger partial charge in [-0.05, 0) is 49.4 Å². The van der Waals surface area contributed by atoms with E-state index in [0.29, 0.717) is 33.7 Å². The lowest BCUT2D eigenvalue weighted by molar-refractivity contribution is -0.116. The van der Waals surface area contributed by atoms with Crippen molar-refractivity contribution < 1.29 is 14.3 Å². The number of rotatable bonds is 7. The molecule has 1 aromatic heterocycles. The third-order valence-corrected chi connectivity index (χ3v) is 5.65. The highest BCUT2D eigenvalue weighted by Crippen LogP contribution is 2.25. The Bertz CT molecular complexity index is 1050. The van der Waals surface area contributed by atoms with Gasteiger partial charge in [-0.1, -0.05) is 23.2 Å². The minimum absolute atomic E-state index is 0.111. The second-order valence-electron chi connectivity index (χ2n) is 6.51. The molecule has 1 N–H and O–H groups in total. The third kappa shape index (κ3) is 5.95. The zero-order valence-electron chi connectivity index (χ0n) is 16.3. The number of aryl methyl sites for hydroxylation is 1. The summed E-state index contributed by atoms with van der Waals surface area (Å²) in [5, 5.41) is 6.36. The van der Waals surface area contributed by atoms with Crippen molar-refractivity contribution in [3.63, 3.8) is 0 Å². The van der Waals surface area contributed by atoms with Crippen molar-refractivity contribution in [2.24, 2.45) is 0 Å². The maximum atomic E-state index is 12.6. The summed E-state index contributed by atoms with van der Waals surface area (Å²) in [4.78, 5) is 30.5. The number of likely N-dealkylation sites (N-methyl/N-ethyl adjacent to an activating group) is 1. The number of carbonyl (C=O) groups excluding carboxylic acids is 2. The van der Waals surface area contributed by atoms with Gasteiger partial charge in [-0.3, -0.25) is 9.59 Å². The maximum Gasteiger partial charge on any atom is 0.254 e. The van der Waals surface area contributed by atoms with Crippen molar-refractivity contribution in [2.75, 3.05) is 18.9 Å². The average molecular weight is 464 g/mol. The predicted octanol–water partition coefficient (Wildman–Crippen LogP) is 5.05. The Morgan fingerprint density at radius 1 is 1.13 bits per heavy atom. The van der Waals surface area contributed by atoms with Gasteiger partial charge in [-0.2, -0.15) is 0 Å². The molecule has 0 aliphatic rings. The molecule has 0 unspecified atom stereocenters. The van der Waals surface area contributed by atoms with E-state index in [-0.39, 0.29) is 18.4 Å². The number of ether oxygens (including phenoxy) is 1. The van der Waals surface area contributed by atoms with E-state index in [1.54, 1.807) is 60.8 Å². The van der Waals surface area contributed by atoms with Gasteiger partial charge in [0.25, 0.3) is 5.91 Å². The molecule has 3 rings (SSSR count). The van der Waals surface area contributed by atoms with Crippen molar-refractivity contribution in [2.45, 2.75) is 13.5 Å². The Hall–Kier alpha value is -2.61. The standard InChI is InChI=1S/C21H19Cl2N3O3S/c1-13-24-16(12-30-13)11-29-17-6-3-14(4-7-17)21(28)26(2)10-20(27)25-15-5-8-18(22)19(23)9-15/h3-9,12H,10-11H2,1-2H3,(H,25,27). The van der Waals surface area contributed by atoms with Crippen molar-refractivity contribution >= 4 is 52.0 Å². The number of nitrogens with one attached hydrogen (secondary N) is 1. The van der Waals surface area contributed by atoms with Crippen LogP contribution in [-0.2, 0) is 11.4 Å². The monoisotopic (exact) mass is 463 g/mol. The van der Waals surface area contributed by atoms with E-state index in [0.717, 1.165) is 10.7 Å². The topological polar surface area (TPSA) is 71.5 Å². The van der Waals surface area contributed by atoms with Crippen molar-refractivity contribution in [1.29, 1.82) is 0 Å². The van der Waals surface area contributed by atoms with Crippen LogP contribution < -0.4 is 10.1 Å². The molecule has 0 aliphatic heterocycles. The first-order chi connectivity index (χ1) is 14.3. The van der Waals surface area contributed by atoms with Crippen LogP contribution in [0.15, 0.2) is 47.8 Å². The number of hydrogen-bond acceptors (Lipinski definition) is 5. The molecule has 1 heterocycles. The number of nitrogens with zero attached hydrogens (tertiary/aromatic N) is 2. The van der Waals surface area contributed by atoms with Gasteiger partial charge >= 0.3 is 0 Å². The molecule has 2 aromatic carbocycles. The van der Waals surface area contributed by atoms with E-state index in [2.05, 4.69) is 10.3 Å². The van der Waals surface area contributed by atoms with Crippen molar-refractivity contribution in [3.05, 3.63) is 74.2 Å². The molecule has 0 radical (unpaired) electrons. The van der Waals surface area contributed by atoms with Gasteiger partial charge in [-0.15, -0.1) is 11.3 Å². The molecule has 0 aliphatic carbocycles. The van der Waals surface area contributed by atoms with Gasteiger partial charge in [0.15, 0.2) is 0 Å². The molecule has 0 spiro atoms. The van der Waals surface area contributed by atoms with Crippen LogP contribution in [0, 0.1) is 6.92 Å². The SMILES string of the molecule is Cc1nc(COc2ccc(C(=O)N(C)CC(=O)Nc3ccc(Cl)c(Cl)c3)cc2)cs1. The van der Waals surface area contributed by atoms with E-state index in [1.165, 1.54) is 4.90 Å². The van der Waals surface area contributed by atoms with Gasteiger partial charge in [0, 0.05) is 23.7 Å². The van der Waals surface area contributed by atoms with Crippen LogP contribution in [0.5, 0.6) is 5.75 Å². The Balaban J connectivity index is 1.53. The fourth-order valence-electron chi connectivity index (χ4n) is 2.61. The number of thiazole rings is 1. The summed E-state index contributed by atoms with van der Waals surface area (Å²) in [5.74, 6) is 0.0147. The highest BCUT2D eigenvalue weighted by molar-refractivity contribution is 7.09. The lowest BCUT2D eigenvalue weighted by atomic mass is 10.2. The van der Waals surface area contributed by atoms with Crippen LogP contribution in [0.2, 0.25) is 10.0 Å². The minimum atomic E-state index is -0.345. The quantitative estimate of drug-likeness (QED) is 0.532. The fraction of sp³-hybridized carbons (Fsp3) is 0.190. The maximum absolute atomic E-state index is 12.6. The molecule has 9 heteroatoms. The first-order valence-corrected chi connectivity index (χ1v) is 10.6. The van der Waals surface area contributed by atoms with Crippen LogP contribution in [0.1, 0.15) is 21.1 Å². The van der Waals surface area contributed by atoms with Crippen molar-refractivity contribution in [3.8, 4) is 5.75 Å². The normalized spacial score (nSPS) is 10.5. The summed E-state index contributed by atoms with van der Waals surface area (Å²) < 4.78 is 5.68. The van der Waals surface area contributed by atoms with Gasteiger partial charge < -0.3 is 15.0 Å². The van der Waals surface area contributed by atoms with E-state index in [4.69, 9.17) is 27.9 Å². The van der Waals surface area contributed by atoms with Gasteiger partial charge in [0.1, 0.15) is 12.4 Å². The van der Waals surface area contributed by atoms with Gasteiger partial charge in [0.2, 0.25) is 5.91 Å². The number of amides is 2. The summed E-state index contributed by atoms with van der Waals surface area (Å²) in [7, 11) is 1.56. The second kappa shape index (κ2) is 9.93. The second-order valence-corrected chi connectivity index (χ2v) is 8.39. The molecular formula is C21H19Cl2N3O3S. The minimum Gasteiger partial charge on any atom is -0.487 e. The highest BCUT2D eigenvalue weighted by atomic mass is 35.5. The zero-order valence-corrected chi connectivity index (χ0v) is 18.6. The number of anilines is 1. The molecule has 0 bridgehead atoms. The summed E-state index contributed by atoms with van der Waals surface area (Å²) in [6.45, 7) is 2.20. The first kappa shape index (κ1) is 22.1. The highest BCUT2D eigenvalue weighted by Gasteiger charge is 2.15. The number of halogens is 2. The number of carbonyl (C=O) groups is 2. The lowest BCUT2D eigenvalue weighted by Crippen LogP contribution is -2.34. The molecule has 2 amide bonds. The molecule has 6 nitrogen and oxygen atoms in total. The van der Waals surface area contributed by atoms with E-state index in [9.17, 15) is 9.59 Å². The Labute approximate surface area is 188 Å². The fourth-order valence-corrected chi connectivity index (χ4v) is 3.50. The number of benzene rings is 2. The summed E-state index contributed by atoms with van der Waals surface area (Å²) in [6.07, 6.45) is 0. The molecule has 0 saturated heterocycles. The summed E-state index contributed by atoms with van der Waals surface area (Å²) in [5.41, 5.74) is 1.83. The summed E-state index contributed by atoms with van der Waals surface area (Å²) in [6, 6.07) is 11.5. The third-order valence-electron chi connectivity index (χ3n) is 4.09. The van der Waals surface area contributed by atoms with Gasteiger partial charge in [-0.25, -0.2) is 4.98 Å². The number of aromatic nitrogens is 1. The van der Waals surface area contributed by atoms with Crippen LogP contribution >= 0.6 is 34.5 Å². The Kier molecular flexibility index (Phi) is 7.31. The van der Waals surface area contributed by atoms with Crippen molar-refractivity contribution in [1.82, 2.24) is 9.88 Å². The van der Waals surface area contributed by atoms with Crippen LogP contribution in [0.4, 0.5) is 5.69 Å². The molecule has 30 heavy (non-hydrogen) atoms. The predicted molar refractivity (Wildman–Crippen MR) is 120 cm³/mol.